The highest BCUT2D eigenvalue weighted by Gasteiger charge is 2.26. The first-order chi connectivity index (χ1) is 12.0. The molecule has 1 N–H and O–H groups in total. The second kappa shape index (κ2) is 7.08. The maximum absolute atomic E-state index is 12.5. The zero-order chi connectivity index (χ0) is 18.0. The molecule has 3 heterocycles. The van der Waals surface area contributed by atoms with Gasteiger partial charge in [-0.25, -0.2) is 9.78 Å². The molecule has 0 saturated carbocycles. The van der Waals surface area contributed by atoms with Crippen LogP contribution in [-0.4, -0.2) is 43.0 Å². The molecule has 0 radical (unpaired) electrons. The first kappa shape index (κ1) is 17.2. The molecule has 25 heavy (non-hydrogen) atoms. The van der Waals surface area contributed by atoms with Crippen molar-refractivity contribution in [1.29, 1.82) is 0 Å². The van der Waals surface area contributed by atoms with E-state index in [1.807, 2.05) is 12.4 Å². The van der Waals surface area contributed by atoms with Crippen LogP contribution in [0.4, 0.5) is 0 Å². The van der Waals surface area contributed by atoms with E-state index in [4.69, 9.17) is 0 Å². The summed E-state index contributed by atoms with van der Waals surface area (Å²) in [7, 11) is 0. The number of amides is 1. The minimum atomic E-state index is -0.552. The molecule has 1 aliphatic heterocycles. The molecule has 1 fully saturated rings. The fourth-order valence-electron chi connectivity index (χ4n) is 3.32. The minimum absolute atomic E-state index is 0.0509. The molecule has 8 heteroatoms. The van der Waals surface area contributed by atoms with Gasteiger partial charge in [-0.3, -0.25) is 19.1 Å². The van der Waals surface area contributed by atoms with Gasteiger partial charge in [-0.2, -0.15) is 0 Å². The van der Waals surface area contributed by atoms with E-state index in [1.54, 1.807) is 11.8 Å². The van der Waals surface area contributed by atoms with E-state index in [0.29, 0.717) is 24.6 Å². The van der Waals surface area contributed by atoms with Gasteiger partial charge in [0.2, 0.25) is 5.91 Å². The van der Waals surface area contributed by atoms with Crippen molar-refractivity contribution in [2.75, 3.05) is 13.1 Å². The van der Waals surface area contributed by atoms with Crippen molar-refractivity contribution in [2.45, 2.75) is 45.7 Å². The van der Waals surface area contributed by atoms with E-state index in [2.05, 4.69) is 21.5 Å². The van der Waals surface area contributed by atoms with Crippen LogP contribution < -0.4 is 11.2 Å². The molecule has 0 bridgehead atoms. The first-order valence-electron chi connectivity index (χ1n) is 8.58. The number of hydrogen-bond acceptors (Lipinski definition) is 4. The van der Waals surface area contributed by atoms with Crippen LogP contribution >= 0.6 is 0 Å². The summed E-state index contributed by atoms with van der Waals surface area (Å²) < 4.78 is 3.40. The molecular weight excluding hydrogens is 322 g/mol. The van der Waals surface area contributed by atoms with Crippen LogP contribution in [0.3, 0.4) is 0 Å². The van der Waals surface area contributed by atoms with Crippen LogP contribution in [0, 0.1) is 6.92 Å². The van der Waals surface area contributed by atoms with Gasteiger partial charge in [0.1, 0.15) is 12.4 Å². The Balaban J connectivity index is 1.63. The number of nitrogens with zero attached hydrogens (tertiary/aromatic N) is 4. The molecule has 8 nitrogen and oxygen atoms in total. The van der Waals surface area contributed by atoms with Crippen LogP contribution in [-0.2, 0) is 17.9 Å². The average Bonchev–Trinajstić information content (AvgIpc) is 3.08. The minimum Gasteiger partial charge on any atom is -0.341 e. The van der Waals surface area contributed by atoms with E-state index < -0.39 is 11.2 Å². The molecule has 0 unspecified atom stereocenters. The molecule has 0 atom stereocenters. The normalized spacial score (nSPS) is 15.5. The summed E-state index contributed by atoms with van der Waals surface area (Å²) in [5, 5.41) is 0. The second-order valence-electron chi connectivity index (χ2n) is 6.43. The van der Waals surface area contributed by atoms with Crippen molar-refractivity contribution in [3.05, 3.63) is 50.8 Å². The maximum Gasteiger partial charge on any atom is 0.328 e. The van der Waals surface area contributed by atoms with Crippen LogP contribution in [0.15, 0.2) is 28.2 Å². The zero-order valence-electron chi connectivity index (χ0n) is 14.6. The number of aromatic amines is 1. The van der Waals surface area contributed by atoms with Crippen molar-refractivity contribution >= 4 is 5.91 Å². The van der Waals surface area contributed by atoms with Crippen LogP contribution in [0.5, 0.6) is 0 Å². The summed E-state index contributed by atoms with van der Waals surface area (Å²) in [4.78, 5) is 44.2. The molecule has 3 rings (SSSR count). The maximum atomic E-state index is 12.5. The average molecular weight is 345 g/mol. The van der Waals surface area contributed by atoms with Crippen molar-refractivity contribution in [1.82, 2.24) is 24.0 Å². The standard InChI is InChI=1S/C17H23N5O3/c1-3-20-9-6-18-15(20)13-4-7-21(8-5-13)14(23)11-22-10-12(2)16(24)19-17(22)25/h6,9-10,13H,3-5,7-8,11H2,1-2H3,(H,19,24,25). The topological polar surface area (TPSA) is 93.0 Å². The largest absolute Gasteiger partial charge is 0.341 e. The lowest BCUT2D eigenvalue weighted by atomic mass is 9.96. The number of nitrogens with one attached hydrogen (secondary N) is 1. The number of carbonyl (C=O) groups excluding carboxylic acids is 1. The summed E-state index contributed by atoms with van der Waals surface area (Å²) in [6.07, 6.45) is 6.97. The van der Waals surface area contributed by atoms with E-state index in [9.17, 15) is 14.4 Å². The van der Waals surface area contributed by atoms with Crippen molar-refractivity contribution in [2.24, 2.45) is 0 Å². The van der Waals surface area contributed by atoms with Gasteiger partial charge in [0, 0.05) is 49.7 Å². The third-order valence-corrected chi connectivity index (χ3v) is 4.80. The molecule has 134 valence electrons. The highest BCUT2D eigenvalue weighted by molar-refractivity contribution is 5.76. The number of aromatic nitrogens is 4. The summed E-state index contributed by atoms with van der Waals surface area (Å²) in [5.74, 6) is 1.34. The van der Waals surface area contributed by atoms with Gasteiger partial charge in [0.25, 0.3) is 5.56 Å². The van der Waals surface area contributed by atoms with Gasteiger partial charge >= 0.3 is 5.69 Å². The Bertz CT molecular complexity index is 871. The van der Waals surface area contributed by atoms with Gasteiger partial charge in [0.05, 0.1) is 0 Å². The van der Waals surface area contributed by atoms with E-state index >= 15 is 0 Å². The Morgan fingerprint density at radius 2 is 2.00 bits per heavy atom. The van der Waals surface area contributed by atoms with Gasteiger partial charge in [0.15, 0.2) is 0 Å². The highest BCUT2D eigenvalue weighted by atomic mass is 16.2. The summed E-state index contributed by atoms with van der Waals surface area (Å²) in [6, 6.07) is 0. The van der Waals surface area contributed by atoms with Gasteiger partial charge in [-0.15, -0.1) is 0 Å². The molecule has 2 aromatic rings. The third-order valence-electron chi connectivity index (χ3n) is 4.80. The van der Waals surface area contributed by atoms with E-state index in [-0.39, 0.29) is 12.5 Å². The molecule has 2 aromatic heterocycles. The quantitative estimate of drug-likeness (QED) is 0.872. The van der Waals surface area contributed by atoms with Gasteiger partial charge in [-0.1, -0.05) is 0 Å². The van der Waals surface area contributed by atoms with Crippen molar-refractivity contribution < 1.29 is 4.79 Å². The predicted octanol–water partition coefficient (Wildman–Crippen LogP) is 0.468. The highest BCUT2D eigenvalue weighted by Crippen LogP contribution is 2.26. The molecular formula is C17H23N5O3. The number of imidazole rings is 1. The molecule has 1 saturated heterocycles. The molecule has 0 spiro atoms. The van der Waals surface area contributed by atoms with Gasteiger partial charge in [-0.05, 0) is 26.7 Å². The SMILES string of the molecule is CCn1ccnc1C1CCN(C(=O)Cn2cc(C)c(=O)[nH]c2=O)CC1. The van der Waals surface area contributed by atoms with Crippen LogP contribution in [0.25, 0.3) is 0 Å². The van der Waals surface area contributed by atoms with E-state index in [0.717, 1.165) is 25.2 Å². The Morgan fingerprint density at radius 3 is 2.68 bits per heavy atom. The summed E-state index contributed by atoms with van der Waals surface area (Å²) >= 11 is 0. The predicted molar refractivity (Wildman–Crippen MR) is 92.5 cm³/mol. The van der Waals surface area contributed by atoms with Gasteiger partial charge < -0.3 is 9.47 Å². The van der Waals surface area contributed by atoms with Crippen molar-refractivity contribution in [3.8, 4) is 0 Å². The Labute approximate surface area is 145 Å². The Morgan fingerprint density at radius 1 is 1.28 bits per heavy atom. The number of aryl methyl sites for hydroxylation is 2. The number of rotatable bonds is 4. The first-order valence-corrected chi connectivity index (χ1v) is 8.58. The molecule has 0 aromatic carbocycles. The fraction of sp³-hybridized carbons (Fsp3) is 0.529. The molecule has 1 aliphatic rings. The lowest BCUT2D eigenvalue weighted by Crippen LogP contribution is -2.42. The zero-order valence-corrected chi connectivity index (χ0v) is 14.6. The number of carbonyl (C=O) groups is 1. The summed E-state index contributed by atoms with van der Waals surface area (Å²) in [6.45, 7) is 5.84. The fourth-order valence-corrected chi connectivity index (χ4v) is 3.32. The van der Waals surface area contributed by atoms with E-state index in [1.165, 1.54) is 10.8 Å². The number of hydrogen-bond donors (Lipinski definition) is 1. The smallest absolute Gasteiger partial charge is 0.328 e. The third kappa shape index (κ3) is 3.57. The second-order valence-corrected chi connectivity index (χ2v) is 6.43. The number of piperidine rings is 1. The van der Waals surface area contributed by atoms with Crippen molar-refractivity contribution in [3.63, 3.8) is 0 Å². The molecule has 1 amide bonds. The number of likely N-dealkylation sites (tertiary alicyclic amines) is 1. The Kier molecular flexibility index (Phi) is 4.87. The monoisotopic (exact) mass is 345 g/mol. The Hall–Kier alpha value is -2.64. The van der Waals surface area contributed by atoms with Crippen LogP contribution in [0.1, 0.15) is 37.1 Å². The van der Waals surface area contributed by atoms with Crippen LogP contribution in [0.2, 0.25) is 0 Å². The molecule has 0 aliphatic carbocycles. The number of H-pyrrole nitrogens is 1. The lowest BCUT2D eigenvalue weighted by molar-refractivity contribution is -0.133. The lowest BCUT2D eigenvalue weighted by Gasteiger charge is -2.32. The summed E-state index contributed by atoms with van der Waals surface area (Å²) in [5.41, 5.74) is -0.553.